The Morgan fingerprint density at radius 2 is 2.38 bits per heavy atom. The smallest absolute Gasteiger partial charge is 0.164 e. The number of ketones is 1. The standard InChI is InChI=1S/C11H18O2/c1-3-9(4-2)11(13)8-6-5-7-10(11)12/h3,9,13H,1,4-8H2,2H3/t9-,11-/m1/s1. The molecular weight excluding hydrogens is 164 g/mol. The quantitative estimate of drug-likeness (QED) is 0.678. The van der Waals surface area contributed by atoms with Gasteiger partial charge in [-0.15, -0.1) is 6.58 Å². The minimum Gasteiger partial charge on any atom is -0.381 e. The Morgan fingerprint density at radius 3 is 2.85 bits per heavy atom. The van der Waals surface area contributed by atoms with Gasteiger partial charge in [-0.05, 0) is 25.7 Å². The molecule has 1 aliphatic carbocycles. The Bertz CT molecular complexity index is 210. The van der Waals surface area contributed by atoms with Gasteiger partial charge in [0.05, 0.1) is 0 Å². The number of hydrogen-bond donors (Lipinski definition) is 1. The number of hydrogen-bond acceptors (Lipinski definition) is 2. The molecule has 2 heteroatoms. The van der Waals surface area contributed by atoms with E-state index in [9.17, 15) is 9.90 Å². The second-order valence-corrected chi connectivity index (χ2v) is 3.80. The topological polar surface area (TPSA) is 37.3 Å². The van der Waals surface area contributed by atoms with Crippen LogP contribution in [0.4, 0.5) is 0 Å². The molecule has 0 bridgehead atoms. The molecule has 1 rings (SSSR count). The van der Waals surface area contributed by atoms with Crippen LogP contribution in [0.25, 0.3) is 0 Å². The predicted molar refractivity (Wildman–Crippen MR) is 52.4 cm³/mol. The van der Waals surface area contributed by atoms with Crippen molar-refractivity contribution in [3.8, 4) is 0 Å². The maximum atomic E-state index is 11.6. The Kier molecular flexibility index (Phi) is 3.26. The SMILES string of the molecule is C=C[C@H](CC)[C@]1(O)CCCCC1=O. The Labute approximate surface area is 79.6 Å². The molecular formula is C11H18O2. The van der Waals surface area contributed by atoms with E-state index in [1.807, 2.05) is 6.92 Å². The van der Waals surface area contributed by atoms with E-state index in [0.29, 0.717) is 12.8 Å². The van der Waals surface area contributed by atoms with Crippen molar-refractivity contribution < 1.29 is 9.90 Å². The van der Waals surface area contributed by atoms with E-state index >= 15 is 0 Å². The van der Waals surface area contributed by atoms with Crippen LogP contribution in [0.3, 0.4) is 0 Å². The first-order valence-corrected chi connectivity index (χ1v) is 5.03. The highest BCUT2D eigenvalue weighted by Crippen LogP contribution is 2.33. The van der Waals surface area contributed by atoms with Gasteiger partial charge in [-0.1, -0.05) is 13.0 Å². The summed E-state index contributed by atoms with van der Waals surface area (Å²) >= 11 is 0. The molecule has 2 atom stereocenters. The van der Waals surface area contributed by atoms with Crippen LogP contribution < -0.4 is 0 Å². The van der Waals surface area contributed by atoms with Gasteiger partial charge < -0.3 is 5.11 Å². The molecule has 0 aromatic rings. The van der Waals surface area contributed by atoms with Crippen LogP contribution in [-0.2, 0) is 4.79 Å². The third-order valence-corrected chi connectivity index (χ3v) is 3.03. The molecule has 0 spiro atoms. The van der Waals surface area contributed by atoms with Crippen molar-refractivity contribution in [3.63, 3.8) is 0 Å². The number of carbonyl (C=O) groups excluding carboxylic acids is 1. The molecule has 0 aromatic carbocycles. The van der Waals surface area contributed by atoms with Crippen molar-refractivity contribution in [2.24, 2.45) is 5.92 Å². The zero-order valence-electron chi connectivity index (χ0n) is 8.25. The summed E-state index contributed by atoms with van der Waals surface area (Å²) < 4.78 is 0. The predicted octanol–water partition coefficient (Wildman–Crippen LogP) is 2.07. The van der Waals surface area contributed by atoms with E-state index in [-0.39, 0.29) is 11.7 Å². The number of Topliss-reactive ketones (excluding diaryl/α,β-unsaturated/α-hetero) is 1. The first-order chi connectivity index (χ1) is 6.15. The van der Waals surface area contributed by atoms with Crippen LogP contribution in [0.1, 0.15) is 39.0 Å². The minimum absolute atomic E-state index is 0.00509. The fourth-order valence-corrected chi connectivity index (χ4v) is 2.13. The fourth-order valence-electron chi connectivity index (χ4n) is 2.13. The van der Waals surface area contributed by atoms with Crippen LogP contribution in [-0.4, -0.2) is 16.5 Å². The number of rotatable bonds is 3. The lowest BCUT2D eigenvalue weighted by molar-refractivity contribution is -0.145. The van der Waals surface area contributed by atoms with Crippen LogP contribution in [0.15, 0.2) is 12.7 Å². The Balaban J connectivity index is 2.81. The molecule has 74 valence electrons. The van der Waals surface area contributed by atoms with Gasteiger partial charge in [-0.2, -0.15) is 0 Å². The lowest BCUT2D eigenvalue weighted by Crippen LogP contribution is -2.47. The molecule has 13 heavy (non-hydrogen) atoms. The highest BCUT2D eigenvalue weighted by Gasteiger charge is 2.42. The van der Waals surface area contributed by atoms with Gasteiger partial charge in [0.1, 0.15) is 5.60 Å². The summed E-state index contributed by atoms with van der Waals surface area (Å²) in [5, 5.41) is 10.2. The van der Waals surface area contributed by atoms with Gasteiger partial charge in [-0.3, -0.25) is 4.79 Å². The first-order valence-electron chi connectivity index (χ1n) is 5.03. The lowest BCUT2D eigenvalue weighted by atomic mass is 9.74. The Morgan fingerprint density at radius 1 is 1.69 bits per heavy atom. The van der Waals surface area contributed by atoms with Gasteiger partial charge in [0.25, 0.3) is 0 Å². The zero-order valence-corrected chi connectivity index (χ0v) is 8.25. The summed E-state index contributed by atoms with van der Waals surface area (Å²) in [4.78, 5) is 11.6. The van der Waals surface area contributed by atoms with E-state index < -0.39 is 5.60 Å². The van der Waals surface area contributed by atoms with Crippen molar-refractivity contribution in [1.29, 1.82) is 0 Å². The molecule has 0 amide bonds. The van der Waals surface area contributed by atoms with Gasteiger partial charge in [0.2, 0.25) is 0 Å². The molecule has 0 saturated heterocycles. The van der Waals surface area contributed by atoms with Crippen molar-refractivity contribution in [1.82, 2.24) is 0 Å². The second kappa shape index (κ2) is 4.05. The van der Waals surface area contributed by atoms with E-state index in [2.05, 4.69) is 6.58 Å². The van der Waals surface area contributed by atoms with Crippen molar-refractivity contribution in [3.05, 3.63) is 12.7 Å². The van der Waals surface area contributed by atoms with Gasteiger partial charge >= 0.3 is 0 Å². The molecule has 1 saturated carbocycles. The van der Waals surface area contributed by atoms with E-state index in [4.69, 9.17) is 0 Å². The summed E-state index contributed by atoms with van der Waals surface area (Å²) in [7, 11) is 0. The molecule has 1 aliphatic rings. The lowest BCUT2D eigenvalue weighted by Gasteiger charge is -2.35. The van der Waals surface area contributed by atoms with E-state index in [1.165, 1.54) is 0 Å². The third-order valence-electron chi connectivity index (χ3n) is 3.03. The average Bonchev–Trinajstić information content (AvgIpc) is 2.12. The molecule has 2 nitrogen and oxygen atoms in total. The molecule has 0 radical (unpaired) electrons. The highest BCUT2D eigenvalue weighted by molar-refractivity contribution is 5.88. The van der Waals surface area contributed by atoms with Crippen molar-refractivity contribution in [2.45, 2.75) is 44.6 Å². The summed E-state index contributed by atoms with van der Waals surface area (Å²) in [5.41, 5.74) is -1.10. The van der Waals surface area contributed by atoms with E-state index in [0.717, 1.165) is 19.3 Å². The van der Waals surface area contributed by atoms with Crippen molar-refractivity contribution in [2.75, 3.05) is 0 Å². The molecule has 1 N–H and O–H groups in total. The van der Waals surface area contributed by atoms with Gasteiger partial charge in [0, 0.05) is 12.3 Å². The molecule has 0 aromatic heterocycles. The molecule has 0 heterocycles. The normalized spacial score (nSPS) is 31.4. The van der Waals surface area contributed by atoms with Gasteiger partial charge in [-0.25, -0.2) is 0 Å². The maximum Gasteiger partial charge on any atom is 0.164 e. The average molecular weight is 182 g/mol. The van der Waals surface area contributed by atoms with Crippen LogP contribution in [0.5, 0.6) is 0 Å². The van der Waals surface area contributed by atoms with Crippen LogP contribution in [0.2, 0.25) is 0 Å². The second-order valence-electron chi connectivity index (χ2n) is 3.80. The summed E-state index contributed by atoms with van der Waals surface area (Å²) in [6, 6.07) is 0. The molecule has 0 unspecified atom stereocenters. The summed E-state index contributed by atoms with van der Waals surface area (Å²) in [5.74, 6) is -0.0641. The monoisotopic (exact) mass is 182 g/mol. The Hall–Kier alpha value is -0.630. The summed E-state index contributed by atoms with van der Waals surface area (Å²) in [6.45, 7) is 5.65. The summed E-state index contributed by atoms with van der Waals surface area (Å²) in [6.07, 6.45) is 5.51. The third kappa shape index (κ3) is 1.83. The van der Waals surface area contributed by atoms with Crippen LogP contribution in [0, 0.1) is 5.92 Å². The molecule has 1 fully saturated rings. The van der Waals surface area contributed by atoms with Gasteiger partial charge in [0.15, 0.2) is 5.78 Å². The van der Waals surface area contributed by atoms with E-state index in [1.54, 1.807) is 6.08 Å². The maximum absolute atomic E-state index is 11.6. The van der Waals surface area contributed by atoms with Crippen molar-refractivity contribution >= 4 is 5.78 Å². The minimum atomic E-state index is -1.10. The van der Waals surface area contributed by atoms with Crippen LogP contribution >= 0.6 is 0 Å². The largest absolute Gasteiger partial charge is 0.381 e. The molecule has 0 aliphatic heterocycles. The zero-order chi connectivity index (χ0) is 9.90. The fraction of sp³-hybridized carbons (Fsp3) is 0.727. The number of aliphatic hydroxyl groups is 1. The number of carbonyl (C=O) groups is 1. The highest BCUT2D eigenvalue weighted by atomic mass is 16.3. The first kappa shape index (κ1) is 10.5.